The lowest BCUT2D eigenvalue weighted by Crippen LogP contribution is -2.39. The SMILES string of the molecule is Cc1cc(F)cc2c1N(CC(CBr)C(C)(C)C)C(=O)C2=O. The van der Waals surface area contributed by atoms with Gasteiger partial charge in [0.05, 0.1) is 11.3 Å². The van der Waals surface area contributed by atoms with E-state index in [1.54, 1.807) is 6.92 Å². The first-order chi connectivity index (χ1) is 9.66. The Morgan fingerprint density at radius 1 is 1.29 bits per heavy atom. The number of carbonyl (C=O) groups is 2. The van der Waals surface area contributed by atoms with Crippen LogP contribution in [0.1, 0.15) is 36.7 Å². The third-order valence-corrected chi connectivity index (χ3v) is 4.81. The maximum atomic E-state index is 13.5. The normalized spacial score (nSPS) is 16.4. The summed E-state index contributed by atoms with van der Waals surface area (Å²) in [6, 6.07) is 2.51. The first-order valence-corrected chi connectivity index (χ1v) is 8.01. The highest BCUT2D eigenvalue weighted by Gasteiger charge is 2.39. The maximum Gasteiger partial charge on any atom is 0.299 e. The Hall–Kier alpha value is -1.23. The summed E-state index contributed by atoms with van der Waals surface area (Å²) >= 11 is 3.48. The molecule has 5 heteroatoms. The number of benzene rings is 1. The lowest BCUT2D eigenvalue weighted by molar-refractivity contribution is -0.114. The van der Waals surface area contributed by atoms with Crippen molar-refractivity contribution in [2.45, 2.75) is 27.7 Å². The summed E-state index contributed by atoms with van der Waals surface area (Å²) in [6.07, 6.45) is 0. The Kier molecular flexibility index (Phi) is 4.24. The van der Waals surface area contributed by atoms with E-state index < -0.39 is 17.5 Å². The first-order valence-electron chi connectivity index (χ1n) is 6.89. The van der Waals surface area contributed by atoms with Crippen LogP contribution in [0, 0.1) is 24.1 Å². The van der Waals surface area contributed by atoms with Gasteiger partial charge in [0, 0.05) is 11.9 Å². The van der Waals surface area contributed by atoms with E-state index >= 15 is 0 Å². The molecule has 1 aliphatic heterocycles. The van der Waals surface area contributed by atoms with Crippen LogP contribution >= 0.6 is 15.9 Å². The third-order valence-electron chi connectivity index (χ3n) is 4.03. The van der Waals surface area contributed by atoms with Gasteiger partial charge in [-0.25, -0.2) is 4.39 Å². The van der Waals surface area contributed by atoms with Gasteiger partial charge >= 0.3 is 0 Å². The van der Waals surface area contributed by atoms with Crippen molar-refractivity contribution in [1.29, 1.82) is 0 Å². The van der Waals surface area contributed by atoms with Gasteiger partial charge in [0.25, 0.3) is 11.7 Å². The molecule has 0 aliphatic carbocycles. The fourth-order valence-corrected chi connectivity index (χ4v) is 3.73. The van der Waals surface area contributed by atoms with Crippen molar-refractivity contribution < 1.29 is 14.0 Å². The van der Waals surface area contributed by atoms with Crippen molar-refractivity contribution in [3.05, 3.63) is 29.1 Å². The minimum atomic E-state index is -0.616. The standard InChI is InChI=1S/C16H19BrFNO2/c1-9-5-11(18)6-12-13(9)19(15(21)14(12)20)8-10(7-17)16(2,3)4/h5-6,10H,7-8H2,1-4H3. The van der Waals surface area contributed by atoms with Gasteiger partial charge in [-0.3, -0.25) is 9.59 Å². The zero-order valence-corrected chi connectivity index (χ0v) is 14.3. The van der Waals surface area contributed by atoms with Crippen molar-refractivity contribution in [2.75, 3.05) is 16.8 Å². The molecule has 1 heterocycles. The van der Waals surface area contributed by atoms with Crippen LogP contribution in [0.3, 0.4) is 0 Å². The first kappa shape index (κ1) is 16.1. The van der Waals surface area contributed by atoms with Crippen LogP contribution in [-0.2, 0) is 4.79 Å². The molecule has 1 atom stereocenters. The zero-order valence-electron chi connectivity index (χ0n) is 12.7. The molecule has 1 aromatic rings. The van der Waals surface area contributed by atoms with Crippen molar-refractivity contribution in [3.8, 4) is 0 Å². The Bertz CT molecular complexity index is 607. The number of nitrogens with zero attached hydrogens (tertiary/aromatic N) is 1. The van der Waals surface area contributed by atoms with Crippen LogP contribution in [0.4, 0.5) is 10.1 Å². The van der Waals surface area contributed by atoms with Gasteiger partial charge in [-0.05, 0) is 36.0 Å². The Labute approximate surface area is 132 Å². The molecule has 1 amide bonds. The van der Waals surface area contributed by atoms with Gasteiger partial charge in [0.2, 0.25) is 0 Å². The van der Waals surface area contributed by atoms with Gasteiger partial charge in [0.1, 0.15) is 5.82 Å². The van der Waals surface area contributed by atoms with Gasteiger partial charge < -0.3 is 4.90 Å². The average Bonchev–Trinajstić information content (AvgIpc) is 2.59. The van der Waals surface area contributed by atoms with Gasteiger partial charge in [-0.2, -0.15) is 0 Å². The molecule has 1 aliphatic rings. The molecular weight excluding hydrogens is 337 g/mol. The van der Waals surface area contributed by atoms with E-state index in [4.69, 9.17) is 0 Å². The largest absolute Gasteiger partial charge is 0.304 e. The number of halogens is 2. The molecule has 21 heavy (non-hydrogen) atoms. The van der Waals surface area contributed by atoms with Crippen molar-refractivity contribution in [1.82, 2.24) is 0 Å². The molecule has 1 unspecified atom stereocenters. The number of hydrogen-bond donors (Lipinski definition) is 0. The van der Waals surface area contributed by atoms with E-state index in [-0.39, 0.29) is 16.9 Å². The topological polar surface area (TPSA) is 37.4 Å². The fraction of sp³-hybridized carbons (Fsp3) is 0.500. The van der Waals surface area contributed by atoms with Crippen LogP contribution in [0.2, 0.25) is 0 Å². The van der Waals surface area contributed by atoms with E-state index in [2.05, 4.69) is 36.7 Å². The van der Waals surface area contributed by atoms with Crippen molar-refractivity contribution in [3.63, 3.8) is 0 Å². The number of hydrogen-bond acceptors (Lipinski definition) is 2. The van der Waals surface area contributed by atoms with Gasteiger partial charge in [-0.15, -0.1) is 0 Å². The number of Topliss-reactive ketones (excluding diaryl/α,β-unsaturated/α-hetero) is 1. The predicted octanol–water partition coefficient (Wildman–Crippen LogP) is 3.72. The Morgan fingerprint density at radius 2 is 1.90 bits per heavy atom. The molecule has 0 bridgehead atoms. The molecule has 3 nitrogen and oxygen atoms in total. The monoisotopic (exact) mass is 355 g/mol. The minimum absolute atomic E-state index is 0.0104. The van der Waals surface area contributed by atoms with Crippen LogP contribution in [-0.4, -0.2) is 23.6 Å². The van der Waals surface area contributed by atoms with E-state index in [0.717, 1.165) is 11.4 Å². The molecule has 0 radical (unpaired) electrons. The van der Waals surface area contributed by atoms with Crippen molar-refractivity contribution in [2.24, 2.45) is 11.3 Å². The van der Waals surface area contributed by atoms with Crippen LogP contribution < -0.4 is 4.90 Å². The highest BCUT2D eigenvalue weighted by molar-refractivity contribution is 9.09. The smallest absolute Gasteiger partial charge is 0.299 e. The Morgan fingerprint density at radius 3 is 2.43 bits per heavy atom. The molecule has 2 rings (SSSR count). The number of aryl methyl sites for hydroxylation is 1. The minimum Gasteiger partial charge on any atom is -0.304 e. The summed E-state index contributed by atoms with van der Waals surface area (Å²) in [5.74, 6) is -1.48. The van der Waals surface area contributed by atoms with Gasteiger partial charge in [0.15, 0.2) is 0 Å². The maximum absolute atomic E-state index is 13.5. The molecule has 0 saturated carbocycles. The summed E-state index contributed by atoms with van der Waals surface area (Å²) in [5.41, 5.74) is 1.34. The van der Waals surface area contributed by atoms with Crippen molar-refractivity contribution >= 4 is 33.3 Å². The summed E-state index contributed by atoms with van der Waals surface area (Å²) in [6.45, 7) is 8.46. The number of rotatable bonds is 3. The molecule has 0 aromatic heterocycles. The summed E-state index contributed by atoms with van der Waals surface area (Å²) in [5, 5.41) is 0.726. The lowest BCUT2D eigenvalue weighted by atomic mass is 9.81. The number of amides is 1. The number of anilines is 1. The summed E-state index contributed by atoms with van der Waals surface area (Å²) in [4.78, 5) is 25.8. The summed E-state index contributed by atoms with van der Waals surface area (Å²) < 4.78 is 13.5. The molecular formula is C16H19BrFNO2. The molecule has 1 aromatic carbocycles. The highest BCUT2D eigenvalue weighted by Crippen LogP contribution is 2.36. The van der Waals surface area contributed by atoms with Crippen LogP contribution in [0.15, 0.2) is 12.1 Å². The molecule has 0 spiro atoms. The highest BCUT2D eigenvalue weighted by atomic mass is 79.9. The van der Waals surface area contributed by atoms with Crippen LogP contribution in [0.25, 0.3) is 0 Å². The average molecular weight is 356 g/mol. The number of ketones is 1. The third kappa shape index (κ3) is 2.89. The second-order valence-electron chi connectivity index (χ2n) is 6.58. The van der Waals surface area contributed by atoms with E-state index in [1.807, 2.05) is 0 Å². The zero-order chi connectivity index (χ0) is 15.9. The second-order valence-corrected chi connectivity index (χ2v) is 7.23. The van der Waals surface area contributed by atoms with E-state index in [0.29, 0.717) is 17.8 Å². The molecule has 0 N–H and O–H groups in total. The summed E-state index contributed by atoms with van der Waals surface area (Å²) in [7, 11) is 0. The van der Waals surface area contributed by atoms with Crippen LogP contribution in [0.5, 0.6) is 0 Å². The van der Waals surface area contributed by atoms with E-state index in [1.165, 1.54) is 11.0 Å². The fourth-order valence-electron chi connectivity index (χ4n) is 2.55. The number of fused-ring (bicyclic) bond motifs is 1. The molecule has 0 fully saturated rings. The quantitative estimate of drug-likeness (QED) is 0.612. The molecule has 0 saturated heterocycles. The molecule has 114 valence electrons. The predicted molar refractivity (Wildman–Crippen MR) is 84.6 cm³/mol. The lowest BCUT2D eigenvalue weighted by Gasteiger charge is -2.33. The van der Waals surface area contributed by atoms with Gasteiger partial charge in [-0.1, -0.05) is 36.7 Å². The number of carbonyl (C=O) groups excluding carboxylic acids is 2. The Balaban J connectivity index is 2.44. The second kappa shape index (κ2) is 5.52. The number of alkyl halides is 1. The van der Waals surface area contributed by atoms with E-state index in [9.17, 15) is 14.0 Å².